The van der Waals surface area contributed by atoms with Crippen molar-refractivity contribution in [3.8, 4) is 17.2 Å². The molecule has 1 saturated heterocycles. The quantitative estimate of drug-likeness (QED) is 0.610. The van der Waals surface area contributed by atoms with Crippen LogP contribution in [-0.4, -0.2) is 38.9 Å². The van der Waals surface area contributed by atoms with Gasteiger partial charge in [0.1, 0.15) is 12.4 Å². The van der Waals surface area contributed by atoms with Gasteiger partial charge in [0.05, 0.1) is 13.2 Å². The summed E-state index contributed by atoms with van der Waals surface area (Å²) in [6, 6.07) is 11.8. The minimum atomic E-state index is -0.174. The fourth-order valence-corrected chi connectivity index (χ4v) is 3.43. The third kappa shape index (κ3) is 6.62. The highest BCUT2D eigenvalue weighted by Gasteiger charge is 2.17. The van der Waals surface area contributed by atoms with Gasteiger partial charge >= 0.3 is 0 Å². The minimum Gasteiger partial charge on any atom is -0.493 e. The molecule has 0 saturated carbocycles. The summed E-state index contributed by atoms with van der Waals surface area (Å²) in [5, 5.41) is 2.89. The number of rotatable bonds is 10. The van der Waals surface area contributed by atoms with E-state index in [0.29, 0.717) is 30.6 Å². The number of hydrogen-bond acceptors (Lipinski definition) is 5. The second kappa shape index (κ2) is 11.0. The molecule has 31 heavy (non-hydrogen) atoms. The van der Waals surface area contributed by atoms with Gasteiger partial charge in [-0.25, -0.2) is 0 Å². The molecule has 0 spiro atoms. The zero-order valence-corrected chi connectivity index (χ0v) is 18.9. The Morgan fingerprint density at radius 2 is 1.97 bits per heavy atom. The molecule has 6 heteroatoms. The fourth-order valence-electron chi connectivity index (χ4n) is 3.43. The first-order valence-corrected chi connectivity index (χ1v) is 10.9. The Kier molecular flexibility index (Phi) is 8.18. The molecule has 168 valence electrons. The van der Waals surface area contributed by atoms with Crippen molar-refractivity contribution in [2.24, 2.45) is 0 Å². The third-order valence-electron chi connectivity index (χ3n) is 5.40. The maximum Gasteiger partial charge on any atom is 0.258 e. The van der Waals surface area contributed by atoms with Crippen molar-refractivity contribution in [1.29, 1.82) is 0 Å². The molecule has 2 aromatic rings. The van der Waals surface area contributed by atoms with Gasteiger partial charge in [0.2, 0.25) is 0 Å². The van der Waals surface area contributed by atoms with Gasteiger partial charge in [0.25, 0.3) is 5.91 Å². The first-order valence-electron chi connectivity index (χ1n) is 10.9. The Bertz CT molecular complexity index is 874. The number of carbonyl (C=O) groups excluding carboxylic acids is 1. The number of aryl methyl sites for hydroxylation is 1. The molecular formula is C25H33NO5. The largest absolute Gasteiger partial charge is 0.493 e. The van der Waals surface area contributed by atoms with Gasteiger partial charge in [0, 0.05) is 13.2 Å². The van der Waals surface area contributed by atoms with E-state index in [4.69, 9.17) is 18.9 Å². The van der Waals surface area contributed by atoms with Crippen LogP contribution in [0, 0.1) is 6.92 Å². The molecule has 2 aromatic carbocycles. The predicted octanol–water partition coefficient (Wildman–Crippen LogP) is 4.38. The first kappa shape index (κ1) is 22.9. The van der Waals surface area contributed by atoms with Crippen LogP contribution in [0.15, 0.2) is 36.4 Å². The molecule has 3 rings (SSSR count). The van der Waals surface area contributed by atoms with Gasteiger partial charge in [-0.3, -0.25) is 4.79 Å². The van der Waals surface area contributed by atoms with Crippen molar-refractivity contribution in [3.63, 3.8) is 0 Å². The van der Waals surface area contributed by atoms with Gasteiger partial charge < -0.3 is 24.3 Å². The Labute approximate surface area is 184 Å². The summed E-state index contributed by atoms with van der Waals surface area (Å²) in [7, 11) is 1.61. The molecule has 1 N–H and O–H groups in total. The Hall–Kier alpha value is -2.73. The molecule has 1 aliphatic heterocycles. The molecular weight excluding hydrogens is 394 g/mol. The van der Waals surface area contributed by atoms with Crippen molar-refractivity contribution >= 4 is 5.91 Å². The van der Waals surface area contributed by atoms with Gasteiger partial charge in [0.15, 0.2) is 18.1 Å². The average molecular weight is 428 g/mol. The number of ether oxygens (including phenoxy) is 4. The molecule has 1 unspecified atom stereocenters. The normalized spacial score (nSPS) is 15.7. The van der Waals surface area contributed by atoms with E-state index >= 15 is 0 Å². The molecule has 1 heterocycles. The van der Waals surface area contributed by atoms with Crippen molar-refractivity contribution < 1.29 is 23.7 Å². The van der Waals surface area contributed by atoms with Crippen LogP contribution in [0.5, 0.6) is 17.2 Å². The highest BCUT2D eigenvalue weighted by atomic mass is 16.5. The van der Waals surface area contributed by atoms with E-state index in [1.54, 1.807) is 7.11 Å². The highest BCUT2D eigenvalue weighted by Crippen LogP contribution is 2.29. The lowest BCUT2D eigenvalue weighted by atomic mass is 10.0. The van der Waals surface area contributed by atoms with Gasteiger partial charge in [-0.15, -0.1) is 0 Å². The Morgan fingerprint density at radius 3 is 2.68 bits per heavy atom. The number of methoxy groups -OCH3 is 1. The smallest absolute Gasteiger partial charge is 0.258 e. The molecule has 1 fully saturated rings. The predicted molar refractivity (Wildman–Crippen MR) is 120 cm³/mol. The summed E-state index contributed by atoms with van der Waals surface area (Å²) in [5.41, 5.74) is 3.13. The summed E-state index contributed by atoms with van der Waals surface area (Å²) in [5.74, 6) is 2.30. The molecule has 1 atom stereocenters. The SMILES string of the molecule is COc1cc(CNC(=O)COc2cc(C(C)C)ccc2C)ccc1OCC1CCCO1. The van der Waals surface area contributed by atoms with Gasteiger partial charge in [-0.1, -0.05) is 32.0 Å². The minimum absolute atomic E-state index is 0.0257. The number of carbonyl (C=O) groups is 1. The molecule has 0 aromatic heterocycles. The Balaban J connectivity index is 1.50. The summed E-state index contributed by atoms with van der Waals surface area (Å²) in [6.45, 7) is 7.92. The topological polar surface area (TPSA) is 66.0 Å². The lowest BCUT2D eigenvalue weighted by Gasteiger charge is -2.15. The van der Waals surface area contributed by atoms with Crippen LogP contribution in [0.1, 0.15) is 49.3 Å². The van der Waals surface area contributed by atoms with Crippen LogP contribution >= 0.6 is 0 Å². The van der Waals surface area contributed by atoms with Gasteiger partial charge in [-0.05, 0) is 60.6 Å². The Morgan fingerprint density at radius 1 is 1.13 bits per heavy atom. The van der Waals surface area contributed by atoms with E-state index in [1.165, 1.54) is 5.56 Å². The zero-order chi connectivity index (χ0) is 22.2. The number of nitrogens with one attached hydrogen (secondary N) is 1. The first-order chi connectivity index (χ1) is 15.0. The van der Waals surface area contributed by atoms with Crippen LogP contribution in [0.3, 0.4) is 0 Å². The molecule has 1 aliphatic rings. The number of benzene rings is 2. The molecule has 1 amide bonds. The van der Waals surface area contributed by atoms with E-state index in [2.05, 4.69) is 25.2 Å². The third-order valence-corrected chi connectivity index (χ3v) is 5.40. The van der Waals surface area contributed by atoms with Crippen molar-refractivity contribution in [2.45, 2.75) is 52.2 Å². The molecule has 6 nitrogen and oxygen atoms in total. The van der Waals surface area contributed by atoms with E-state index < -0.39 is 0 Å². The standard InChI is InChI=1S/C25H33NO5/c1-17(2)20-9-7-18(3)23(13-20)31-16-25(27)26-14-19-8-10-22(24(12-19)28-4)30-15-21-6-5-11-29-21/h7-10,12-13,17,21H,5-6,11,14-16H2,1-4H3,(H,26,27). The maximum absolute atomic E-state index is 12.3. The van der Waals surface area contributed by atoms with Crippen LogP contribution in [-0.2, 0) is 16.1 Å². The van der Waals surface area contributed by atoms with Gasteiger partial charge in [-0.2, -0.15) is 0 Å². The summed E-state index contributed by atoms with van der Waals surface area (Å²) >= 11 is 0. The second-order valence-corrected chi connectivity index (χ2v) is 8.18. The van der Waals surface area contributed by atoms with E-state index in [9.17, 15) is 4.79 Å². The molecule has 0 bridgehead atoms. The highest BCUT2D eigenvalue weighted by molar-refractivity contribution is 5.77. The van der Waals surface area contributed by atoms with E-state index in [0.717, 1.165) is 36.3 Å². The molecule has 0 radical (unpaired) electrons. The summed E-state index contributed by atoms with van der Waals surface area (Å²) in [4.78, 5) is 12.3. The van der Waals surface area contributed by atoms with E-state index in [-0.39, 0.29) is 18.6 Å². The van der Waals surface area contributed by atoms with Crippen LogP contribution in [0.25, 0.3) is 0 Å². The van der Waals surface area contributed by atoms with E-state index in [1.807, 2.05) is 37.3 Å². The van der Waals surface area contributed by atoms with Crippen molar-refractivity contribution in [3.05, 3.63) is 53.1 Å². The van der Waals surface area contributed by atoms with Crippen LogP contribution < -0.4 is 19.5 Å². The second-order valence-electron chi connectivity index (χ2n) is 8.18. The summed E-state index contributed by atoms with van der Waals surface area (Å²) in [6.07, 6.45) is 2.25. The van der Waals surface area contributed by atoms with Crippen molar-refractivity contribution in [2.75, 3.05) is 26.9 Å². The fraction of sp³-hybridized carbons (Fsp3) is 0.480. The van der Waals surface area contributed by atoms with Crippen LogP contribution in [0.4, 0.5) is 0 Å². The lowest BCUT2D eigenvalue weighted by Crippen LogP contribution is -2.28. The average Bonchev–Trinajstić information content (AvgIpc) is 3.29. The summed E-state index contributed by atoms with van der Waals surface area (Å²) < 4.78 is 22.7. The zero-order valence-electron chi connectivity index (χ0n) is 18.9. The number of amides is 1. The molecule has 0 aliphatic carbocycles. The monoisotopic (exact) mass is 427 g/mol. The maximum atomic E-state index is 12.3. The van der Waals surface area contributed by atoms with Crippen LogP contribution in [0.2, 0.25) is 0 Å². The number of hydrogen-bond donors (Lipinski definition) is 1. The van der Waals surface area contributed by atoms with Crippen molar-refractivity contribution in [1.82, 2.24) is 5.32 Å². The lowest BCUT2D eigenvalue weighted by molar-refractivity contribution is -0.123.